The van der Waals surface area contributed by atoms with Gasteiger partial charge in [0.1, 0.15) is 0 Å². The highest BCUT2D eigenvalue weighted by atomic mass is 79.9. The second kappa shape index (κ2) is 6.54. The van der Waals surface area contributed by atoms with Crippen molar-refractivity contribution in [1.82, 2.24) is 5.32 Å². The van der Waals surface area contributed by atoms with Gasteiger partial charge in [0, 0.05) is 11.0 Å². The fourth-order valence-corrected chi connectivity index (χ4v) is 1.70. The Bertz CT molecular complexity index is 367. The predicted octanol–water partition coefficient (Wildman–Crippen LogP) is 3.68. The lowest BCUT2D eigenvalue weighted by Crippen LogP contribution is -2.32. The van der Waals surface area contributed by atoms with Crippen molar-refractivity contribution in [3.05, 3.63) is 34.3 Å². The molecular formula is C12H15BrF3NO. The van der Waals surface area contributed by atoms with Gasteiger partial charge in [-0.15, -0.1) is 0 Å². The van der Waals surface area contributed by atoms with E-state index in [1.54, 1.807) is 31.3 Å². The van der Waals surface area contributed by atoms with Gasteiger partial charge >= 0.3 is 6.18 Å². The Kier molecular flexibility index (Phi) is 5.62. The van der Waals surface area contributed by atoms with E-state index in [4.69, 9.17) is 4.74 Å². The second-order valence-corrected chi connectivity index (χ2v) is 4.83. The Labute approximate surface area is 113 Å². The van der Waals surface area contributed by atoms with Gasteiger partial charge in [-0.05, 0) is 31.7 Å². The summed E-state index contributed by atoms with van der Waals surface area (Å²) in [5, 5.41) is 2.83. The Morgan fingerprint density at radius 3 is 2.28 bits per heavy atom. The minimum absolute atomic E-state index is 0.321. The summed E-state index contributed by atoms with van der Waals surface area (Å²) in [6.45, 7) is 1.34. The number of ether oxygens (including phenoxy) is 1. The summed E-state index contributed by atoms with van der Waals surface area (Å²) in [5.74, 6) is 0. The summed E-state index contributed by atoms with van der Waals surface area (Å²) < 4.78 is 43.4. The van der Waals surface area contributed by atoms with Crippen molar-refractivity contribution < 1.29 is 17.9 Å². The molecule has 2 nitrogen and oxygen atoms in total. The third-order valence-electron chi connectivity index (χ3n) is 2.46. The van der Waals surface area contributed by atoms with E-state index in [9.17, 15) is 13.2 Å². The van der Waals surface area contributed by atoms with E-state index in [1.807, 2.05) is 0 Å². The van der Waals surface area contributed by atoms with Crippen molar-refractivity contribution in [2.75, 3.05) is 13.6 Å². The second-order valence-electron chi connectivity index (χ2n) is 3.92. The van der Waals surface area contributed by atoms with Crippen LogP contribution < -0.4 is 5.32 Å². The van der Waals surface area contributed by atoms with Crippen LogP contribution in [0.25, 0.3) is 0 Å². The van der Waals surface area contributed by atoms with E-state index < -0.39 is 18.4 Å². The monoisotopic (exact) mass is 325 g/mol. The molecule has 0 aromatic heterocycles. The van der Waals surface area contributed by atoms with Gasteiger partial charge in [-0.25, -0.2) is 0 Å². The van der Waals surface area contributed by atoms with Gasteiger partial charge in [-0.2, -0.15) is 13.2 Å². The Morgan fingerprint density at radius 2 is 1.83 bits per heavy atom. The molecule has 0 aliphatic heterocycles. The first-order chi connectivity index (χ1) is 8.34. The van der Waals surface area contributed by atoms with Gasteiger partial charge in [0.25, 0.3) is 0 Å². The van der Waals surface area contributed by atoms with Crippen LogP contribution >= 0.6 is 15.9 Å². The number of halogens is 4. The van der Waals surface area contributed by atoms with Gasteiger partial charge in [0.2, 0.25) is 0 Å². The van der Waals surface area contributed by atoms with Crippen LogP contribution in [0.4, 0.5) is 13.2 Å². The van der Waals surface area contributed by atoms with Gasteiger partial charge in [0.15, 0.2) is 6.10 Å². The van der Waals surface area contributed by atoms with Gasteiger partial charge < -0.3 is 10.1 Å². The summed E-state index contributed by atoms with van der Waals surface area (Å²) in [6.07, 6.45) is -6.76. The molecule has 0 aliphatic rings. The van der Waals surface area contributed by atoms with E-state index in [0.29, 0.717) is 12.1 Å². The molecule has 0 aliphatic carbocycles. The number of likely N-dealkylation sites (N-methyl/N-ethyl adjacent to an activating group) is 1. The first kappa shape index (κ1) is 15.5. The third kappa shape index (κ3) is 4.59. The zero-order chi connectivity index (χ0) is 13.8. The third-order valence-corrected chi connectivity index (χ3v) is 2.99. The number of hydrogen-bond donors (Lipinski definition) is 1. The summed E-state index contributed by atoms with van der Waals surface area (Å²) in [4.78, 5) is 0. The average Bonchev–Trinajstić information content (AvgIpc) is 2.28. The van der Waals surface area contributed by atoms with Crippen LogP contribution in [-0.2, 0) is 4.74 Å². The predicted molar refractivity (Wildman–Crippen MR) is 67.4 cm³/mol. The zero-order valence-electron chi connectivity index (χ0n) is 10.1. The van der Waals surface area contributed by atoms with E-state index in [1.165, 1.54) is 0 Å². The van der Waals surface area contributed by atoms with Crippen LogP contribution in [0.5, 0.6) is 0 Å². The van der Waals surface area contributed by atoms with Crippen LogP contribution in [0.15, 0.2) is 28.7 Å². The molecule has 0 spiro atoms. The number of nitrogens with one attached hydrogen (secondary N) is 1. The van der Waals surface area contributed by atoms with Crippen LogP contribution in [0.1, 0.15) is 18.6 Å². The molecule has 102 valence electrons. The van der Waals surface area contributed by atoms with Gasteiger partial charge in [0.05, 0.1) is 6.10 Å². The molecular weight excluding hydrogens is 311 g/mol. The highest BCUT2D eigenvalue weighted by molar-refractivity contribution is 9.10. The zero-order valence-corrected chi connectivity index (χ0v) is 11.7. The molecule has 2 unspecified atom stereocenters. The average molecular weight is 326 g/mol. The molecule has 0 amide bonds. The minimum atomic E-state index is -4.35. The SMILES string of the molecule is CNCC(OC(C)C(F)(F)F)c1ccc(Br)cc1. The van der Waals surface area contributed by atoms with E-state index in [-0.39, 0.29) is 0 Å². The molecule has 0 saturated carbocycles. The van der Waals surface area contributed by atoms with E-state index >= 15 is 0 Å². The summed E-state index contributed by atoms with van der Waals surface area (Å²) >= 11 is 3.28. The quantitative estimate of drug-likeness (QED) is 0.891. The molecule has 1 aromatic rings. The molecule has 1 aromatic carbocycles. The van der Waals surface area contributed by atoms with E-state index in [2.05, 4.69) is 21.2 Å². The lowest BCUT2D eigenvalue weighted by Gasteiger charge is -2.24. The van der Waals surface area contributed by atoms with Gasteiger partial charge in [-0.3, -0.25) is 0 Å². The molecule has 6 heteroatoms. The molecule has 0 fully saturated rings. The van der Waals surface area contributed by atoms with Crippen molar-refractivity contribution in [1.29, 1.82) is 0 Å². The molecule has 1 N–H and O–H groups in total. The maximum absolute atomic E-state index is 12.5. The number of alkyl halides is 3. The first-order valence-corrected chi connectivity index (χ1v) is 6.26. The minimum Gasteiger partial charge on any atom is -0.360 e. The molecule has 2 atom stereocenters. The Balaban J connectivity index is 2.80. The summed E-state index contributed by atoms with van der Waals surface area (Å²) in [5.41, 5.74) is 0.712. The number of hydrogen-bond acceptors (Lipinski definition) is 2. The highest BCUT2D eigenvalue weighted by Gasteiger charge is 2.38. The lowest BCUT2D eigenvalue weighted by molar-refractivity contribution is -0.227. The maximum atomic E-state index is 12.5. The Hall–Kier alpha value is -0.590. The molecule has 0 bridgehead atoms. The van der Waals surface area contributed by atoms with Crippen molar-refractivity contribution in [2.45, 2.75) is 25.3 Å². The molecule has 18 heavy (non-hydrogen) atoms. The molecule has 1 rings (SSSR count). The van der Waals surface area contributed by atoms with Crippen LogP contribution in [0, 0.1) is 0 Å². The standard InChI is InChI=1S/C12H15BrF3NO/c1-8(12(14,15)16)18-11(7-17-2)9-3-5-10(13)6-4-9/h3-6,8,11,17H,7H2,1-2H3. The van der Waals surface area contributed by atoms with Crippen molar-refractivity contribution >= 4 is 15.9 Å². The normalized spacial score (nSPS) is 15.4. The fourth-order valence-electron chi connectivity index (χ4n) is 1.43. The molecule has 0 radical (unpaired) electrons. The maximum Gasteiger partial charge on any atom is 0.414 e. The topological polar surface area (TPSA) is 21.3 Å². The van der Waals surface area contributed by atoms with Crippen LogP contribution in [0.3, 0.4) is 0 Å². The van der Waals surface area contributed by atoms with Crippen molar-refractivity contribution in [3.8, 4) is 0 Å². The number of benzene rings is 1. The summed E-state index contributed by atoms with van der Waals surface area (Å²) in [7, 11) is 1.67. The van der Waals surface area contributed by atoms with Crippen LogP contribution in [0.2, 0.25) is 0 Å². The number of rotatable bonds is 5. The summed E-state index contributed by atoms with van der Waals surface area (Å²) in [6, 6.07) is 7.05. The van der Waals surface area contributed by atoms with Crippen LogP contribution in [-0.4, -0.2) is 25.9 Å². The van der Waals surface area contributed by atoms with E-state index in [0.717, 1.165) is 11.4 Å². The molecule has 0 heterocycles. The fraction of sp³-hybridized carbons (Fsp3) is 0.500. The highest BCUT2D eigenvalue weighted by Crippen LogP contribution is 2.28. The lowest BCUT2D eigenvalue weighted by atomic mass is 10.1. The first-order valence-electron chi connectivity index (χ1n) is 5.47. The van der Waals surface area contributed by atoms with Crippen molar-refractivity contribution in [3.63, 3.8) is 0 Å². The van der Waals surface area contributed by atoms with Gasteiger partial charge in [-0.1, -0.05) is 28.1 Å². The van der Waals surface area contributed by atoms with Crippen molar-refractivity contribution in [2.24, 2.45) is 0 Å². The Morgan fingerprint density at radius 1 is 1.28 bits per heavy atom. The largest absolute Gasteiger partial charge is 0.414 e. The molecule has 0 saturated heterocycles. The smallest absolute Gasteiger partial charge is 0.360 e.